The zero-order valence-corrected chi connectivity index (χ0v) is 12.0. The average molecular weight is 327 g/mol. The summed E-state index contributed by atoms with van der Waals surface area (Å²) in [6.07, 6.45) is 1.75. The number of H-pyrrole nitrogens is 1. The zero-order chi connectivity index (χ0) is 13.0. The first kappa shape index (κ1) is 13.2. The second-order valence-electron chi connectivity index (χ2n) is 3.47. The van der Waals surface area contributed by atoms with Gasteiger partial charge in [-0.2, -0.15) is 0 Å². The first-order valence-corrected chi connectivity index (χ1v) is 6.97. The van der Waals surface area contributed by atoms with Crippen molar-refractivity contribution in [2.45, 2.75) is 5.16 Å². The molecule has 0 fully saturated rings. The fourth-order valence-corrected chi connectivity index (χ4v) is 2.28. The molecule has 1 N–H and O–H groups in total. The van der Waals surface area contributed by atoms with E-state index in [9.17, 15) is 4.79 Å². The van der Waals surface area contributed by atoms with E-state index in [2.05, 4.69) is 30.6 Å². The Balaban J connectivity index is 2.06. The van der Waals surface area contributed by atoms with Crippen molar-refractivity contribution in [3.63, 3.8) is 0 Å². The van der Waals surface area contributed by atoms with E-state index in [1.54, 1.807) is 6.20 Å². The molecule has 4 nitrogen and oxygen atoms in total. The van der Waals surface area contributed by atoms with Crippen LogP contribution in [-0.4, -0.2) is 28.8 Å². The number of benzene rings is 1. The van der Waals surface area contributed by atoms with Gasteiger partial charge >= 0.3 is 5.97 Å². The fourth-order valence-electron chi connectivity index (χ4n) is 1.34. The highest BCUT2D eigenvalue weighted by atomic mass is 79.9. The number of nitrogens with one attached hydrogen (secondary N) is 1. The topological polar surface area (TPSA) is 55.0 Å². The Morgan fingerprint density at radius 3 is 2.83 bits per heavy atom. The number of imidazole rings is 1. The number of nitrogens with zero attached hydrogens (tertiary/aromatic N) is 1. The molecule has 0 saturated carbocycles. The first-order valence-electron chi connectivity index (χ1n) is 5.19. The summed E-state index contributed by atoms with van der Waals surface area (Å²) in [6.45, 7) is 0. The van der Waals surface area contributed by atoms with Crippen molar-refractivity contribution in [2.24, 2.45) is 0 Å². The van der Waals surface area contributed by atoms with Crippen LogP contribution in [0.5, 0.6) is 0 Å². The minimum Gasteiger partial charge on any atom is -0.468 e. The molecule has 0 unspecified atom stereocenters. The number of esters is 1. The SMILES string of the molecule is COC(=O)CSc1ncc(-c2ccc(Br)cc2)[nH]1. The number of carbonyl (C=O) groups is 1. The van der Waals surface area contributed by atoms with E-state index in [1.807, 2.05) is 24.3 Å². The van der Waals surface area contributed by atoms with Gasteiger partial charge in [-0.3, -0.25) is 4.79 Å². The van der Waals surface area contributed by atoms with E-state index in [-0.39, 0.29) is 11.7 Å². The van der Waals surface area contributed by atoms with Crippen LogP contribution < -0.4 is 0 Å². The van der Waals surface area contributed by atoms with Gasteiger partial charge in [0.25, 0.3) is 0 Å². The molecular weight excluding hydrogens is 316 g/mol. The molecule has 0 amide bonds. The largest absolute Gasteiger partial charge is 0.468 e. The Hall–Kier alpha value is -1.27. The summed E-state index contributed by atoms with van der Waals surface area (Å²) in [7, 11) is 1.37. The lowest BCUT2D eigenvalue weighted by molar-refractivity contribution is -0.137. The van der Waals surface area contributed by atoms with Gasteiger partial charge in [-0.15, -0.1) is 0 Å². The molecule has 0 aliphatic rings. The third-order valence-electron chi connectivity index (χ3n) is 2.26. The number of halogens is 1. The van der Waals surface area contributed by atoms with Gasteiger partial charge in [0.15, 0.2) is 5.16 Å². The highest BCUT2D eigenvalue weighted by Gasteiger charge is 2.06. The predicted octanol–water partition coefficient (Wildman–Crippen LogP) is 3.10. The van der Waals surface area contributed by atoms with E-state index in [1.165, 1.54) is 18.9 Å². The van der Waals surface area contributed by atoms with Crippen molar-refractivity contribution >= 4 is 33.7 Å². The first-order chi connectivity index (χ1) is 8.69. The van der Waals surface area contributed by atoms with Crippen LogP contribution in [-0.2, 0) is 9.53 Å². The number of hydrogen-bond donors (Lipinski definition) is 1. The van der Waals surface area contributed by atoms with Gasteiger partial charge in [0.1, 0.15) is 0 Å². The Bertz CT molecular complexity index is 539. The quantitative estimate of drug-likeness (QED) is 0.692. The molecule has 2 aromatic rings. The van der Waals surface area contributed by atoms with Crippen LogP contribution in [0, 0.1) is 0 Å². The third-order valence-corrected chi connectivity index (χ3v) is 3.65. The molecule has 6 heteroatoms. The summed E-state index contributed by atoms with van der Waals surface area (Å²) in [5.41, 5.74) is 1.98. The molecule has 1 aromatic carbocycles. The predicted molar refractivity (Wildman–Crippen MR) is 74.5 cm³/mol. The zero-order valence-electron chi connectivity index (χ0n) is 9.64. The van der Waals surface area contributed by atoms with E-state index in [0.29, 0.717) is 5.16 Å². The van der Waals surface area contributed by atoms with Gasteiger partial charge in [-0.25, -0.2) is 4.98 Å². The van der Waals surface area contributed by atoms with Crippen LogP contribution in [0.3, 0.4) is 0 Å². The van der Waals surface area contributed by atoms with Crippen molar-refractivity contribution in [1.29, 1.82) is 0 Å². The Labute approximate surface area is 117 Å². The lowest BCUT2D eigenvalue weighted by Crippen LogP contribution is -2.03. The molecule has 1 aromatic heterocycles. The van der Waals surface area contributed by atoms with Crippen molar-refractivity contribution in [1.82, 2.24) is 9.97 Å². The maximum Gasteiger partial charge on any atom is 0.316 e. The van der Waals surface area contributed by atoms with Crippen molar-refractivity contribution < 1.29 is 9.53 Å². The van der Waals surface area contributed by atoms with Crippen LogP contribution in [0.25, 0.3) is 11.3 Å². The molecule has 94 valence electrons. The highest BCUT2D eigenvalue weighted by molar-refractivity contribution is 9.10. The van der Waals surface area contributed by atoms with E-state index < -0.39 is 0 Å². The number of methoxy groups -OCH3 is 1. The standard InChI is InChI=1S/C12H11BrN2O2S/c1-17-11(16)7-18-12-14-6-10(15-12)8-2-4-9(13)5-3-8/h2-6H,7H2,1H3,(H,14,15). The summed E-state index contributed by atoms with van der Waals surface area (Å²) in [4.78, 5) is 18.4. The van der Waals surface area contributed by atoms with Gasteiger partial charge < -0.3 is 9.72 Å². The summed E-state index contributed by atoms with van der Waals surface area (Å²) in [5, 5.41) is 0.707. The Morgan fingerprint density at radius 2 is 2.17 bits per heavy atom. The van der Waals surface area contributed by atoms with E-state index in [4.69, 9.17) is 0 Å². The number of aromatic amines is 1. The smallest absolute Gasteiger partial charge is 0.316 e. The highest BCUT2D eigenvalue weighted by Crippen LogP contribution is 2.23. The van der Waals surface area contributed by atoms with Gasteiger partial charge in [-0.05, 0) is 17.7 Å². The molecule has 0 bridgehead atoms. The number of hydrogen-bond acceptors (Lipinski definition) is 4. The molecule has 0 saturated heterocycles. The maximum absolute atomic E-state index is 11.0. The van der Waals surface area contributed by atoms with E-state index >= 15 is 0 Å². The number of carbonyl (C=O) groups excluding carboxylic acids is 1. The molecule has 0 aliphatic carbocycles. The normalized spacial score (nSPS) is 10.3. The lowest BCUT2D eigenvalue weighted by atomic mass is 10.2. The van der Waals surface area contributed by atoms with Gasteiger partial charge in [-0.1, -0.05) is 39.8 Å². The van der Waals surface area contributed by atoms with Crippen LogP contribution in [0.2, 0.25) is 0 Å². The van der Waals surface area contributed by atoms with Crippen LogP contribution >= 0.6 is 27.7 Å². The molecule has 1 heterocycles. The molecule has 0 spiro atoms. The number of ether oxygens (including phenoxy) is 1. The van der Waals surface area contributed by atoms with Crippen molar-refractivity contribution in [3.05, 3.63) is 34.9 Å². The molecular formula is C12H11BrN2O2S. The van der Waals surface area contributed by atoms with Gasteiger partial charge in [0.05, 0.1) is 24.8 Å². The number of thioether (sulfide) groups is 1. The minimum absolute atomic E-state index is 0.254. The molecule has 0 atom stereocenters. The average Bonchev–Trinajstić information content (AvgIpc) is 2.85. The summed E-state index contributed by atoms with van der Waals surface area (Å²) in [5.74, 6) is -0.00865. The van der Waals surface area contributed by atoms with Crippen molar-refractivity contribution in [2.75, 3.05) is 12.9 Å². The minimum atomic E-state index is -0.262. The second-order valence-corrected chi connectivity index (χ2v) is 5.35. The third kappa shape index (κ3) is 3.36. The lowest BCUT2D eigenvalue weighted by Gasteiger charge is -1.98. The second kappa shape index (κ2) is 6.06. The molecule has 2 rings (SSSR count). The summed E-state index contributed by atoms with van der Waals surface area (Å²) in [6, 6.07) is 7.92. The van der Waals surface area contributed by atoms with Crippen LogP contribution in [0.4, 0.5) is 0 Å². The van der Waals surface area contributed by atoms with Crippen LogP contribution in [0.1, 0.15) is 0 Å². The molecule has 0 aliphatic heterocycles. The van der Waals surface area contributed by atoms with Gasteiger partial charge in [0, 0.05) is 4.47 Å². The number of aromatic nitrogens is 2. The van der Waals surface area contributed by atoms with Gasteiger partial charge in [0.2, 0.25) is 0 Å². The Morgan fingerprint density at radius 1 is 1.44 bits per heavy atom. The fraction of sp³-hybridized carbons (Fsp3) is 0.167. The van der Waals surface area contributed by atoms with E-state index in [0.717, 1.165) is 15.7 Å². The van der Waals surface area contributed by atoms with Crippen LogP contribution in [0.15, 0.2) is 40.1 Å². The Kier molecular flexibility index (Phi) is 4.43. The number of rotatable bonds is 4. The maximum atomic E-state index is 11.0. The monoisotopic (exact) mass is 326 g/mol. The summed E-state index contributed by atoms with van der Waals surface area (Å²) < 4.78 is 5.60. The summed E-state index contributed by atoms with van der Waals surface area (Å²) >= 11 is 4.71. The molecule has 0 radical (unpaired) electrons. The molecule has 18 heavy (non-hydrogen) atoms. The van der Waals surface area contributed by atoms with Crippen molar-refractivity contribution in [3.8, 4) is 11.3 Å².